The number of halogens is 2. The van der Waals surface area contributed by atoms with E-state index in [-0.39, 0.29) is 11.1 Å². The largest absolute Gasteiger partial charge is 0.366 e. The fourth-order valence-corrected chi connectivity index (χ4v) is 1.21. The molecule has 0 bridgehead atoms. The van der Waals surface area contributed by atoms with E-state index in [1.165, 1.54) is 0 Å². The Morgan fingerprint density at radius 2 is 2.25 bits per heavy atom. The molecule has 6 heteroatoms. The van der Waals surface area contributed by atoms with E-state index in [1.807, 2.05) is 7.05 Å². The lowest BCUT2D eigenvalue weighted by atomic mass is 10.3. The van der Waals surface area contributed by atoms with Crippen LogP contribution in [0, 0.1) is 5.82 Å². The van der Waals surface area contributed by atoms with Crippen LogP contribution >= 0.6 is 11.6 Å². The molecule has 1 aromatic rings. The summed E-state index contributed by atoms with van der Waals surface area (Å²) in [5, 5.41) is 2.93. The first-order valence-corrected chi connectivity index (χ1v) is 5.50. The first-order chi connectivity index (χ1) is 7.50. The quantitative estimate of drug-likeness (QED) is 0.807. The van der Waals surface area contributed by atoms with Gasteiger partial charge in [-0.15, -0.1) is 0 Å². The van der Waals surface area contributed by atoms with Crippen LogP contribution in [0.15, 0.2) is 6.20 Å². The monoisotopic (exact) mass is 246 g/mol. The predicted molar refractivity (Wildman–Crippen MR) is 63.3 cm³/mol. The summed E-state index contributed by atoms with van der Waals surface area (Å²) in [4.78, 5) is 9.45. The normalized spacial score (nSPS) is 11.2. The molecular weight excluding hydrogens is 231 g/mol. The van der Waals surface area contributed by atoms with E-state index in [1.54, 1.807) is 0 Å². The summed E-state index contributed by atoms with van der Waals surface area (Å²) < 4.78 is 13.2. The molecule has 0 amide bonds. The topological polar surface area (TPSA) is 41.0 Å². The number of hydrogen-bond donors (Lipinski definition) is 1. The van der Waals surface area contributed by atoms with Crippen LogP contribution in [0.1, 0.15) is 13.8 Å². The molecule has 0 radical (unpaired) electrons. The Morgan fingerprint density at radius 3 is 2.88 bits per heavy atom. The average molecular weight is 247 g/mol. The third-order valence-electron chi connectivity index (χ3n) is 2.35. The van der Waals surface area contributed by atoms with Crippen LogP contribution in [0.25, 0.3) is 0 Å². The third-order valence-corrected chi connectivity index (χ3v) is 2.54. The molecule has 1 rings (SSSR count). The van der Waals surface area contributed by atoms with Gasteiger partial charge in [-0.2, -0.15) is 4.98 Å². The molecule has 0 aromatic carbocycles. The van der Waals surface area contributed by atoms with Crippen molar-refractivity contribution in [3.63, 3.8) is 0 Å². The molecule has 0 fully saturated rings. The molecule has 1 aromatic heterocycles. The Balaban J connectivity index is 2.45. The zero-order chi connectivity index (χ0) is 12.1. The van der Waals surface area contributed by atoms with Crippen molar-refractivity contribution in [2.75, 3.05) is 25.5 Å². The summed E-state index contributed by atoms with van der Waals surface area (Å²) in [6.45, 7) is 5.61. The number of nitrogens with zero attached hydrogens (tertiary/aromatic N) is 3. The minimum absolute atomic E-state index is 0.0427. The van der Waals surface area contributed by atoms with Crippen LogP contribution in [0.4, 0.5) is 10.2 Å². The van der Waals surface area contributed by atoms with Gasteiger partial charge in [-0.3, -0.25) is 0 Å². The zero-order valence-electron chi connectivity index (χ0n) is 9.67. The summed E-state index contributed by atoms with van der Waals surface area (Å²) in [6.07, 6.45) is 1.06. The first kappa shape index (κ1) is 13.1. The molecule has 0 saturated carbocycles. The molecule has 0 spiro atoms. The zero-order valence-corrected chi connectivity index (χ0v) is 10.4. The Kier molecular flexibility index (Phi) is 4.89. The van der Waals surface area contributed by atoms with Crippen LogP contribution in [0.5, 0.6) is 0 Å². The van der Waals surface area contributed by atoms with E-state index in [0.29, 0.717) is 12.6 Å². The van der Waals surface area contributed by atoms with Crippen molar-refractivity contribution in [2.45, 2.75) is 19.9 Å². The molecule has 90 valence electrons. The number of aromatic nitrogens is 2. The molecule has 0 aliphatic heterocycles. The number of hydrogen-bond acceptors (Lipinski definition) is 4. The van der Waals surface area contributed by atoms with E-state index in [9.17, 15) is 4.39 Å². The Morgan fingerprint density at radius 1 is 1.56 bits per heavy atom. The van der Waals surface area contributed by atoms with E-state index >= 15 is 0 Å². The number of nitrogens with one attached hydrogen (secondary N) is 1. The highest BCUT2D eigenvalue weighted by Gasteiger charge is 2.06. The maximum atomic E-state index is 13.2. The predicted octanol–water partition coefficient (Wildman–Crippen LogP) is 2.02. The summed E-state index contributed by atoms with van der Waals surface area (Å²) in [5.41, 5.74) is 0. The smallest absolute Gasteiger partial charge is 0.224 e. The molecule has 0 saturated heterocycles. The number of rotatable bonds is 5. The molecule has 0 aliphatic rings. The van der Waals surface area contributed by atoms with Crippen molar-refractivity contribution >= 4 is 17.4 Å². The van der Waals surface area contributed by atoms with E-state index in [0.717, 1.165) is 12.7 Å². The van der Waals surface area contributed by atoms with Crippen molar-refractivity contribution in [2.24, 2.45) is 0 Å². The van der Waals surface area contributed by atoms with E-state index in [2.05, 4.69) is 34.0 Å². The average Bonchev–Trinajstić information content (AvgIpc) is 2.22. The van der Waals surface area contributed by atoms with Crippen LogP contribution in [0.3, 0.4) is 0 Å². The highest BCUT2D eigenvalue weighted by molar-refractivity contribution is 6.28. The summed E-state index contributed by atoms with van der Waals surface area (Å²) in [5.74, 6) is -0.339. The standard InChI is InChI=1S/C10H16ClFN4/c1-7(2)16(3)5-4-13-9-8(12)6-14-10(11)15-9/h6-7H,4-5H2,1-3H3,(H,13,14,15). The molecule has 0 atom stereocenters. The second kappa shape index (κ2) is 5.96. The van der Waals surface area contributed by atoms with Gasteiger partial charge in [0.2, 0.25) is 5.28 Å². The maximum absolute atomic E-state index is 13.2. The molecule has 4 nitrogen and oxygen atoms in total. The number of likely N-dealkylation sites (N-methyl/N-ethyl adjacent to an activating group) is 1. The molecular formula is C10H16ClFN4. The second-order valence-corrected chi connectivity index (χ2v) is 4.17. The van der Waals surface area contributed by atoms with Gasteiger partial charge in [-0.25, -0.2) is 9.37 Å². The first-order valence-electron chi connectivity index (χ1n) is 5.13. The van der Waals surface area contributed by atoms with E-state index < -0.39 is 5.82 Å². The van der Waals surface area contributed by atoms with Crippen LogP contribution < -0.4 is 5.32 Å². The van der Waals surface area contributed by atoms with Gasteiger partial charge in [-0.1, -0.05) is 0 Å². The molecule has 1 heterocycles. The Bertz CT molecular complexity index is 346. The Hall–Kier alpha value is -0.940. The fourth-order valence-electron chi connectivity index (χ4n) is 1.08. The van der Waals surface area contributed by atoms with Gasteiger partial charge in [-0.05, 0) is 32.5 Å². The fraction of sp³-hybridized carbons (Fsp3) is 0.600. The van der Waals surface area contributed by atoms with Crippen LogP contribution in [0.2, 0.25) is 5.28 Å². The highest BCUT2D eigenvalue weighted by atomic mass is 35.5. The maximum Gasteiger partial charge on any atom is 0.224 e. The molecule has 0 aliphatic carbocycles. The molecule has 1 N–H and O–H groups in total. The summed E-state index contributed by atoms with van der Waals surface area (Å²) in [6, 6.07) is 0.459. The van der Waals surface area contributed by atoms with Gasteiger partial charge in [0.15, 0.2) is 11.6 Å². The van der Waals surface area contributed by atoms with E-state index in [4.69, 9.17) is 11.6 Å². The lowest BCUT2D eigenvalue weighted by Crippen LogP contribution is -2.31. The SMILES string of the molecule is CC(C)N(C)CCNc1nc(Cl)ncc1F. The van der Waals surface area contributed by atoms with Crippen LogP contribution in [-0.4, -0.2) is 41.0 Å². The third kappa shape index (κ3) is 3.90. The van der Waals surface area contributed by atoms with Crippen molar-refractivity contribution in [3.8, 4) is 0 Å². The van der Waals surface area contributed by atoms with Gasteiger partial charge >= 0.3 is 0 Å². The summed E-state index contributed by atoms with van der Waals surface area (Å²) in [7, 11) is 2.01. The minimum atomic E-state index is -0.489. The highest BCUT2D eigenvalue weighted by Crippen LogP contribution is 2.11. The Labute approximate surface area is 99.8 Å². The van der Waals surface area contributed by atoms with Gasteiger partial charge < -0.3 is 10.2 Å². The lowest BCUT2D eigenvalue weighted by Gasteiger charge is -2.21. The number of anilines is 1. The van der Waals surface area contributed by atoms with Crippen molar-refractivity contribution < 1.29 is 4.39 Å². The van der Waals surface area contributed by atoms with Crippen LogP contribution in [-0.2, 0) is 0 Å². The van der Waals surface area contributed by atoms with Gasteiger partial charge in [0.1, 0.15) is 0 Å². The minimum Gasteiger partial charge on any atom is -0.366 e. The molecule has 16 heavy (non-hydrogen) atoms. The van der Waals surface area contributed by atoms with Crippen molar-refractivity contribution in [1.29, 1.82) is 0 Å². The summed E-state index contributed by atoms with van der Waals surface area (Å²) >= 11 is 5.57. The second-order valence-electron chi connectivity index (χ2n) is 3.84. The van der Waals surface area contributed by atoms with Gasteiger partial charge in [0.05, 0.1) is 6.20 Å². The van der Waals surface area contributed by atoms with Crippen molar-refractivity contribution in [1.82, 2.24) is 14.9 Å². The lowest BCUT2D eigenvalue weighted by molar-refractivity contribution is 0.284. The van der Waals surface area contributed by atoms with Gasteiger partial charge in [0.25, 0.3) is 0 Å². The van der Waals surface area contributed by atoms with Crippen molar-refractivity contribution in [3.05, 3.63) is 17.3 Å². The van der Waals surface area contributed by atoms with Gasteiger partial charge in [0, 0.05) is 19.1 Å². The molecule has 0 unspecified atom stereocenters.